The third-order valence-electron chi connectivity index (χ3n) is 1.70. The van der Waals surface area contributed by atoms with Gasteiger partial charge in [0.05, 0.1) is 6.34 Å². The summed E-state index contributed by atoms with van der Waals surface area (Å²) in [6, 6.07) is 7.43. The molecule has 1 aromatic rings. The molecule has 0 amide bonds. The van der Waals surface area contributed by atoms with Crippen LogP contribution in [-0.4, -0.2) is 6.34 Å². The zero-order valence-corrected chi connectivity index (χ0v) is 7.34. The van der Waals surface area contributed by atoms with E-state index in [-0.39, 0.29) is 0 Å². The predicted octanol–water partition coefficient (Wildman–Crippen LogP) is 1.75. The van der Waals surface area contributed by atoms with Gasteiger partial charge >= 0.3 is 0 Å². The number of hydrogen-bond acceptors (Lipinski definition) is 3. The second-order valence-corrected chi connectivity index (χ2v) is 2.69. The first-order chi connectivity index (χ1) is 6.27. The third-order valence-corrected chi connectivity index (χ3v) is 1.70. The van der Waals surface area contributed by atoms with Crippen molar-refractivity contribution >= 4 is 6.34 Å². The van der Waals surface area contributed by atoms with Crippen molar-refractivity contribution in [1.29, 1.82) is 0 Å². The Bertz CT molecular complexity index is 305. The molecule has 4 nitrogen and oxygen atoms in total. The van der Waals surface area contributed by atoms with Gasteiger partial charge in [-0.25, -0.2) is 4.99 Å². The van der Waals surface area contributed by atoms with E-state index in [4.69, 9.17) is 5.73 Å². The molecule has 0 saturated heterocycles. The lowest BCUT2D eigenvalue weighted by Crippen LogP contribution is -1.96. The Morgan fingerprint density at radius 3 is 2.46 bits per heavy atom. The van der Waals surface area contributed by atoms with Crippen molar-refractivity contribution in [2.45, 2.75) is 13.1 Å². The van der Waals surface area contributed by atoms with E-state index >= 15 is 0 Å². The molecule has 4 heteroatoms. The third kappa shape index (κ3) is 2.37. The molecule has 2 N–H and O–H groups in total. The maximum Gasteiger partial charge on any atom is 0.208 e. The van der Waals surface area contributed by atoms with Crippen molar-refractivity contribution in [2.24, 2.45) is 15.9 Å². The highest BCUT2D eigenvalue weighted by atomic mass is 16.3. The summed E-state index contributed by atoms with van der Waals surface area (Å²) in [5.41, 5.74) is 6.96. The lowest BCUT2D eigenvalue weighted by atomic mass is 10.1. The second-order valence-electron chi connectivity index (χ2n) is 2.69. The molecule has 0 fully saturated rings. The average Bonchev–Trinajstić information content (AvgIpc) is 2.16. The molecule has 0 radical (unpaired) electrons. The van der Waals surface area contributed by atoms with Crippen molar-refractivity contribution in [3.8, 4) is 0 Å². The van der Waals surface area contributed by atoms with Gasteiger partial charge in [-0.05, 0) is 12.1 Å². The molecule has 1 unspecified atom stereocenters. The zero-order chi connectivity index (χ0) is 9.68. The van der Waals surface area contributed by atoms with Crippen molar-refractivity contribution in [1.82, 2.24) is 0 Å². The predicted molar refractivity (Wildman–Crippen MR) is 52.4 cm³/mol. The first-order valence-electron chi connectivity index (χ1n) is 3.90. The van der Waals surface area contributed by atoms with Crippen molar-refractivity contribution in [2.75, 3.05) is 0 Å². The van der Waals surface area contributed by atoms with Gasteiger partial charge in [-0.1, -0.05) is 29.8 Å². The highest BCUT2D eigenvalue weighted by Gasteiger charge is 2.07. The highest BCUT2D eigenvalue weighted by Crippen LogP contribution is 2.18. The number of rotatable bonds is 3. The smallest absolute Gasteiger partial charge is 0.208 e. The molecule has 0 aromatic heterocycles. The monoisotopic (exact) mass is 177 g/mol. The number of benzene rings is 1. The molecule has 13 heavy (non-hydrogen) atoms. The molecule has 0 spiro atoms. The molecule has 68 valence electrons. The van der Waals surface area contributed by atoms with E-state index < -0.39 is 6.17 Å². The van der Waals surface area contributed by atoms with Crippen LogP contribution < -0.4 is 5.73 Å². The molecule has 0 aliphatic carbocycles. The summed E-state index contributed by atoms with van der Waals surface area (Å²) in [6.07, 6.45) is 0.372. The Hall–Kier alpha value is -1.71. The lowest BCUT2D eigenvalue weighted by Gasteiger charge is -2.03. The van der Waals surface area contributed by atoms with Gasteiger partial charge in [0.25, 0.3) is 0 Å². The standard InChI is InChI=1S/C9H11N3O/c1-7-2-4-8(5-3-7)9(12-13)11-6-10/h2-6,9H,1H3,(H2,10,11). The van der Waals surface area contributed by atoms with E-state index in [1.807, 2.05) is 31.2 Å². The number of nitrogens with zero attached hydrogens (tertiary/aromatic N) is 2. The Morgan fingerprint density at radius 2 is 2.00 bits per heavy atom. The molecular weight excluding hydrogens is 166 g/mol. The van der Waals surface area contributed by atoms with E-state index in [1.54, 1.807) is 0 Å². The van der Waals surface area contributed by atoms with Crippen LogP contribution in [0.4, 0.5) is 0 Å². The Morgan fingerprint density at radius 1 is 1.38 bits per heavy atom. The molecule has 0 saturated carbocycles. The summed E-state index contributed by atoms with van der Waals surface area (Å²) in [5, 5.41) is 2.85. The molecule has 1 rings (SSSR count). The molecular formula is C9H11N3O. The minimum atomic E-state index is -0.717. The molecule has 1 aromatic carbocycles. The lowest BCUT2D eigenvalue weighted by molar-refractivity contribution is 0.773. The number of nitroso groups, excluding NO2 is 1. The van der Waals surface area contributed by atoms with Crippen LogP contribution in [-0.2, 0) is 0 Å². The van der Waals surface area contributed by atoms with E-state index in [0.717, 1.165) is 17.5 Å². The van der Waals surface area contributed by atoms with Crippen LogP contribution in [0.3, 0.4) is 0 Å². The number of hydrogen-bond donors (Lipinski definition) is 1. The molecule has 0 aliphatic heterocycles. The number of aryl methyl sites for hydroxylation is 1. The van der Waals surface area contributed by atoms with E-state index in [1.165, 1.54) is 0 Å². The summed E-state index contributed by atoms with van der Waals surface area (Å²) >= 11 is 0. The van der Waals surface area contributed by atoms with Gasteiger partial charge in [0.15, 0.2) is 0 Å². The maximum atomic E-state index is 10.4. The van der Waals surface area contributed by atoms with Crippen LogP contribution in [0.25, 0.3) is 0 Å². The van der Waals surface area contributed by atoms with E-state index in [0.29, 0.717) is 0 Å². The van der Waals surface area contributed by atoms with Crippen LogP contribution in [0.15, 0.2) is 34.4 Å². The topological polar surface area (TPSA) is 67.8 Å². The van der Waals surface area contributed by atoms with Gasteiger partial charge in [0.1, 0.15) is 0 Å². The van der Waals surface area contributed by atoms with Crippen molar-refractivity contribution in [3.63, 3.8) is 0 Å². The molecule has 0 bridgehead atoms. The van der Waals surface area contributed by atoms with Gasteiger partial charge in [-0.15, -0.1) is 4.91 Å². The van der Waals surface area contributed by atoms with Gasteiger partial charge in [0.2, 0.25) is 6.17 Å². The zero-order valence-electron chi connectivity index (χ0n) is 7.34. The van der Waals surface area contributed by atoms with Crippen LogP contribution in [0, 0.1) is 11.8 Å². The van der Waals surface area contributed by atoms with Gasteiger partial charge in [-0.3, -0.25) is 0 Å². The summed E-state index contributed by atoms with van der Waals surface area (Å²) in [7, 11) is 0. The first kappa shape index (κ1) is 9.38. The molecule has 0 aliphatic rings. The summed E-state index contributed by atoms with van der Waals surface area (Å²) in [4.78, 5) is 14.1. The Balaban J connectivity index is 2.91. The fraction of sp³-hybridized carbons (Fsp3) is 0.222. The Kier molecular flexibility index (Phi) is 3.14. The quantitative estimate of drug-likeness (QED) is 0.434. The Labute approximate surface area is 76.5 Å². The minimum absolute atomic E-state index is 0.717. The molecule has 0 heterocycles. The van der Waals surface area contributed by atoms with Crippen LogP contribution >= 0.6 is 0 Å². The molecule has 1 atom stereocenters. The van der Waals surface area contributed by atoms with Gasteiger partial charge in [-0.2, -0.15) is 0 Å². The van der Waals surface area contributed by atoms with Crippen molar-refractivity contribution in [3.05, 3.63) is 40.3 Å². The fourth-order valence-corrected chi connectivity index (χ4v) is 0.994. The van der Waals surface area contributed by atoms with Crippen LogP contribution in [0.2, 0.25) is 0 Å². The van der Waals surface area contributed by atoms with Crippen LogP contribution in [0.1, 0.15) is 17.3 Å². The largest absolute Gasteiger partial charge is 0.390 e. The number of aliphatic imine (C=N–C) groups is 1. The number of nitrogens with two attached hydrogens (primary N) is 1. The SMILES string of the molecule is Cc1ccc(C(N=O)/N=C\N)cc1. The van der Waals surface area contributed by atoms with Crippen LogP contribution in [0.5, 0.6) is 0 Å². The summed E-state index contributed by atoms with van der Waals surface area (Å²) in [5.74, 6) is 0. The first-order valence-corrected chi connectivity index (χ1v) is 3.90. The normalized spacial score (nSPS) is 13.0. The van der Waals surface area contributed by atoms with Gasteiger partial charge < -0.3 is 5.73 Å². The summed E-state index contributed by atoms with van der Waals surface area (Å²) in [6.45, 7) is 1.97. The van der Waals surface area contributed by atoms with E-state index in [2.05, 4.69) is 10.2 Å². The maximum absolute atomic E-state index is 10.4. The minimum Gasteiger partial charge on any atom is -0.390 e. The van der Waals surface area contributed by atoms with E-state index in [9.17, 15) is 4.91 Å². The van der Waals surface area contributed by atoms with Gasteiger partial charge in [0, 0.05) is 5.56 Å². The average molecular weight is 177 g/mol. The summed E-state index contributed by atoms with van der Waals surface area (Å²) < 4.78 is 0. The fourth-order valence-electron chi connectivity index (χ4n) is 0.994. The highest BCUT2D eigenvalue weighted by molar-refractivity contribution is 5.52. The van der Waals surface area contributed by atoms with Crippen molar-refractivity contribution < 1.29 is 0 Å². The second kappa shape index (κ2) is 4.35.